The van der Waals surface area contributed by atoms with Crippen molar-refractivity contribution in [3.63, 3.8) is 0 Å². The number of hydrogen-bond donors (Lipinski definition) is 2. The van der Waals surface area contributed by atoms with Crippen molar-refractivity contribution in [1.82, 2.24) is 4.90 Å². The van der Waals surface area contributed by atoms with E-state index >= 15 is 0 Å². The topological polar surface area (TPSA) is 94.9 Å². The van der Waals surface area contributed by atoms with Gasteiger partial charge in [-0.1, -0.05) is 20.8 Å². The van der Waals surface area contributed by atoms with E-state index in [0.717, 1.165) is 11.2 Å². The third-order valence-corrected chi connectivity index (χ3v) is 5.49. The second kappa shape index (κ2) is 4.38. The van der Waals surface area contributed by atoms with Crippen LogP contribution >= 0.6 is 0 Å². The molecule has 1 rings (SSSR count). The van der Waals surface area contributed by atoms with Crippen LogP contribution in [0.3, 0.4) is 0 Å². The van der Waals surface area contributed by atoms with Crippen LogP contribution in [0.15, 0.2) is 0 Å². The van der Waals surface area contributed by atoms with Gasteiger partial charge in [-0.3, -0.25) is 4.90 Å². The van der Waals surface area contributed by atoms with E-state index in [1.165, 1.54) is 0 Å². The molecule has 18 heavy (non-hydrogen) atoms. The Morgan fingerprint density at radius 3 is 2.17 bits per heavy atom. The van der Waals surface area contributed by atoms with Gasteiger partial charge in [0.15, 0.2) is 9.84 Å². The van der Waals surface area contributed by atoms with Crippen LogP contribution in [0.5, 0.6) is 0 Å². The fourth-order valence-corrected chi connectivity index (χ4v) is 3.57. The van der Waals surface area contributed by atoms with Crippen molar-refractivity contribution in [3.05, 3.63) is 0 Å². The van der Waals surface area contributed by atoms with Crippen LogP contribution < -0.4 is 0 Å². The van der Waals surface area contributed by atoms with Gasteiger partial charge >= 0.3 is 6.09 Å². The molecule has 0 aromatic heterocycles. The first-order chi connectivity index (χ1) is 7.95. The van der Waals surface area contributed by atoms with E-state index in [9.17, 15) is 23.4 Å². The zero-order valence-electron chi connectivity index (χ0n) is 11.2. The number of carbonyl (C=O) groups is 1. The van der Waals surface area contributed by atoms with Crippen LogP contribution in [-0.4, -0.2) is 59.8 Å². The van der Waals surface area contributed by atoms with Gasteiger partial charge < -0.3 is 10.2 Å². The van der Waals surface area contributed by atoms with Gasteiger partial charge in [0.05, 0.1) is 17.4 Å². The molecule has 2 atom stereocenters. The number of likely N-dealkylation sites (tertiary alicyclic amines) is 1. The summed E-state index contributed by atoms with van der Waals surface area (Å²) in [7, 11) is -3.33. The van der Waals surface area contributed by atoms with Crippen molar-refractivity contribution in [2.45, 2.75) is 38.0 Å². The molecule has 1 heterocycles. The molecule has 7 heteroatoms. The summed E-state index contributed by atoms with van der Waals surface area (Å²) in [4.78, 5) is 12.4. The first-order valence-electron chi connectivity index (χ1n) is 5.76. The average Bonchev–Trinajstić information content (AvgIpc) is 2.56. The summed E-state index contributed by atoms with van der Waals surface area (Å²) in [5, 5.41) is 18.2. The van der Waals surface area contributed by atoms with Gasteiger partial charge in [0.1, 0.15) is 0 Å². The number of nitrogens with zero attached hydrogens (tertiary/aromatic N) is 1. The zero-order chi connectivity index (χ0) is 14.4. The number of aliphatic hydroxyl groups is 1. The molecular weight excluding hydrogens is 258 g/mol. The molecule has 0 aliphatic carbocycles. The fraction of sp³-hybridized carbons (Fsp3) is 0.909. The molecule has 0 spiro atoms. The molecule has 0 aromatic carbocycles. The van der Waals surface area contributed by atoms with Crippen LogP contribution in [-0.2, 0) is 9.84 Å². The second-order valence-electron chi connectivity index (χ2n) is 5.99. The standard InChI is InChI=1S/C11H21NO5S/c1-10(2,3)11(7-13)5-8(18(4,16)17)6-12(11)9(14)15/h8,13H,5-7H2,1-4H3,(H,14,15)/t8-,11+/m0/s1. The van der Waals surface area contributed by atoms with Gasteiger partial charge in [-0.2, -0.15) is 0 Å². The Bertz CT molecular complexity index is 439. The Balaban J connectivity index is 3.28. The monoisotopic (exact) mass is 279 g/mol. The quantitative estimate of drug-likeness (QED) is 0.770. The van der Waals surface area contributed by atoms with E-state index in [-0.39, 0.29) is 19.6 Å². The van der Waals surface area contributed by atoms with Gasteiger partial charge in [0, 0.05) is 12.8 Å². The van der Waals surface area contributed by atoms with Crippen molar-refractivity contribution < 1.29 is 23.4 Å². The lowest BCUT2D eigenvalue weighted by Crippen LogP contribution is -2.57. The van der Waals surface area contributed by atoms with E-state index in [0.29, 0.717) is 0 Å². The Morgan fingerprint density at radius 2 is 1.94 bits per heavy atom. The third-order valence-electron chi connectivity index (χ3n) is 3.96. The minimum absolute atomic E-state index is 0.0774. The predicted octanol–water partition coefficient (Wildman–Crippen LogP) is 0.560. The Morgan fingerprint density at radius 1 is 1.44 bits per heavy atom. The lowest BCUT2D eigenvalue weighted by molar-refractivity contribution is -0.0112. The summed E-state index contributed by atoms with van der Waals surface area (Å²) < 4.78 is 23.3. The molecular formula is C11H21NO5S. The van der Waals surface area contributed by atoms with Crippen LogP contribution in [0.2, 0.25) is 0 Å². The minimum Gasteiger partial charge on any atom is -0.465 e. The minimum atomic E-state index is -3.33. The van der Waals surface area contributed by atoms with Gasteiger partial charge in [-0.05, 0) is 11.8 Å². The van der Waals surface area contributed by atoms with E-state index < -0.39 is 32.1 Å². The Kier molecular flexibility index (Phi) is 3.71. The Labute approximate surface area is 108 Å². The molecule has 1 aliphatic rings. The molecule has 1 saturated heterocycles. The molecule has 1 fully saturated rings. The maximum absolute atomic E-state index is 11.6. The molecule has 6 nitrogen and oxygen atoms in total. The largest absolute Gasteiger partial charge is 0.465 e. The number of carboxylic acid groups (broad SMARTS) is 1. The third kappa shape index (κ3) is 2.33. The number of aliphatic hydroxyl groups excluding tert-OH is 1. The van der Waals surface area contributed by atoms with Crippen molar-refractivity contribution in [2.24, 2.45) is 5.41 Å². The average molecular weight is 279 g/mol. The maximum atomic E-state index is 11.6. The summed E-state index contributed by atoms with van der Waals surface area (Å²) in [6.45, 7) is 4.97. The van der Waals surface area contributed by atoms with Crippen LogP contribution in [0.4, 0.5) is 4.79 Å². The summed E-state index contributed by atoms with van der Waals surface area (Å²) in [6, 6.07) is 0. The zero-order valence-corrected chi connectivity index (χ0v) is 12.0. The molecule has 0 aromatic rings. The predicted molar refractivity (Wildman–Crippen MR) is 67.3 cm³/mol. The summed E-state index contributed by atoms with van der Waals surface area (Å²) in [5.74, 6) is 0. The molecule has 0 radical (unpaired) electrons. The lowest BCUT2D eigenvalue weighted by atomic mass is 9.72. The smallest absolute Gasteiger partial charge is 0.407 e. The SMILES string of the molecule is CC(C)(C)[C@]1(CO)C[C@H](S(C)(=O)=O)CN1C(=O)O. The molecule has 0 saturated carbocycles. The molecule has 1 aliphatic heterocycles. The number of amides is 1. The van der Waals surface area contributed by atoms with E-state index in [1.807, 2.05) is 20.8 Å². The molecule has 1 amide bonds. The number of hydrogen-bond acceptors (Lipinski definition) is 4. The highest BCUT2D eigenvalue weighted by molar-refractivity contribution is 7.91. The number of rotatable bonds is 2. The van der Waals surface area contributed by atoms with Gasteiger partial charge in [-0.25, -0.2) is 13.2 Å². The fourth-order valence-electron chi connectivity index (χ4n) is 2.58. The summed E-state index contributed by atoms with van der Waals surface area (Å²) in [6.07, 6.45) is 0.0523. The van der Waals surface area contributed by atoms with Gasteiger partial charge in [-0.15, -0.1) is 0 Å². The van der Waals surface area contributed by atoms with Gasteiger partial charge in [0.25, 0.3) is 0 Å². The summed E-state index contributed by atoms with van der Waals surface area (Å²) in [5.41, 5.74) is -1.59. The van der Waals surface area contributed by atoms with E-state index in [2.05, 4.69) is 0 Å². The van der Waals surface area contributed by atoms with E-state index in [1.54, 1.807) is 0 Å². The van der Waals surface area contributed by atoms with Crippen molar-refractivity contribution in [3.8, 4) is 0 Å². The number of sulfone groups is 1. The van der Waals surface area contributed by atoms with E-state index in [4.69, 9.17) is 0 Å². The molecule has 0 bridgehead atoms. The lowest BCUT2D eigenvalue weighted by Gasteiger charge is -2.45. The van der Waals surface area contributed by atoms with Gasteiger partial charge in [0.2, 0.25) is 0 Å². The van der Waals surface area contributed by atoms with Crippen LogP contribution in [0.25, 0.3) is 0 Å². The van der Waals surface area contributed by atoms with Crippen molar-refractivity contribution in [2.75, 3.05) is 19.4 Å². The maximum Gasteiger partial charge on any atom is 0.407 e. The van der Waals surface area contributed by atoms with Crippen molar-refractivity contribution >= 4 is 15.9 Å². The molecule has 0 unspecified atom stereocenters. The summed E-state index contributed by atoms with van der Waals surface area (Å²) >= 11 is 0. The highest BCUT2D eigenvalue weighted by Gasteiger charge is 2.56. The second-order valence-corrected chi connectivity index (χ2v) is 8.31. The normalized spacial score (nSPS) is 29.6. The first-order valence-corrected chi connectivity index (χ1v) is 7.71. The molecule has 106 valence electrons. The van der Waals surface area contributed by atoms with Crippen molar-refractivity contribution in [1.29, 1.82) is 0 Å². The first kappa shape index (κ1) is 15.2. The highest BCUT2D eigenvalue weighted by Crippen LogP contribution is 2.44. The van der Waals surface area contributed by atoms with Crippen LogP contribution in [0.1, 0.15) is 27.2 Å². The highest BCUT2D eigenvalue weighted by atomic mass is 32.2. The Hall–Kier alpha value is -0.820. The molecule has 2 N–H and O–H groups in total. The van der Waals surface area contributed by atoms with Crippen LogP contribution in [0, 0.1) is 5.41 Å².